The highest BCUT2D eigenvalue weighted by Gasteiger charge is 2.52. The Morgan fingerprint density at radius 3 is 1.29 bits per heavy atom. The van der Waals surface area contributed by atoms with Gasteiger partial charge in [-0.15, -0.1) is 16.4 Å². The van der Waals surface area contributed by atoms with Crippen molar-refractivity contribution in [2.75, 3.05) is 9.80 Å². The van der Waals surface area contributed by atoms with Gasteiger partial charge in [-0.3, -0.25) is 0 Å². The molecule has 10 aromatic carbocycles. The van der Waals surface area contributed by atoms with Gasteiger partial charge in [-0.25, -0.2) is 0 Å². The molecular weight excluding hydrogens is 831 g/mol. The molecule has 13 rings (SSSR count). The van der Waals surface area contributed by atoms with Crippen LogP contribution in [0.3, 0.4) is 0 Å². The van der Waals surface area contributed by atoms with Gasteiger partial charge in [0.05, 0.1) is 5.41 Å². The molecule has 0 fully saturated rings. The number of hydrogen-bond acceptors (Lipinski definition) is 3. The summed E-state index contributed by atoms with van der Waals surface area (Å²) in [4.78, 5) is 4.83. The molecule has 0 bridgehead atoms. The Kier molecular flexibility index (Phi) is 9.39. The maximum atomic E-state index is 6.40. The van der Waals surface area contributed by atoms with Gasteiger partial charge in [0.1, 0.15) is 50.4 Å². The monoisotopic (exact) mass is 876 g/mol. The van der Waals surface area contributed by atoms with Crippen LogP contribution in [0.15, 0.2) is 217 Å². The lowest BCUT2D eigenvalue weighted by Crippen LogP contribution is -2.55. The SMILES string of the molecule is Bc1c(B)c(B)c(-c2ccc(N(c3ccc4c(c3)C3(c5ccccc5-c5ccc(N(c6ccccc6)c6ccccc6)cc53)c3ccccc3-4)c3ccc4oc5ccccc5c4c3)cc2)c(B)c1B. The van der Waals surface area contributed by atoms with Crippen molar-refractivity contribution in [1.29, 1.82) is 0 Å². The molecule has 1 unspecified atom stereocenters. The van der Waals surface area contributed by atoms with Crippen LogP contribution in [0.2, 0.25) is 0 Å². The predicted molar refractivity (Wildman–Crippen MR) is 306 cm³/mol. The van der Waals surface area contributed by atoms with E-state index in [-0.39, 0.29) is 0 Å². The highest BCUT2D eigenvalue weighted by Crippen LogP contribution is 2.64. The maximum Gasteiger partial charge on any atom is 0.139 e. The lowest BCUT2D eigenvalue weighted by Gasteiger charge is -2.33. The Morgan fingerprint density at radius 2 is 0.710 bits per heavy atom. The molecular formula is C61H45B5N2O. The lowest BCUT2D eigenvalue weighted by molar-refractivity contribution is 0.669. The van der Waals surface area contributed by atoms with Crippen molar-refractivity contribution in [3.8, 4) is 33.4 Å². The predicted octanol–water partition coefficient (Wildman–Crippen LogP) is 7.83. The van der Waals surface area contributed by atoms with Crippen LogP contribution in [-0.4, -0.2) is 39.2 Å². The van der Waals surface area contributed by atoms with E-state index < -0.39 is 5.41 Å². The quantitative estimate of drug-likeness (QED) is 0.153. The van der Waals surface area contributed by atoms with Crippen LogP contribution in [-0.2, 0) is 5.41 Å². The standard InChI is InChI=1S/C61H45B5N2O/c62-56-55(57(63)59(65)60(66)58(56)64)36-23-25-39(26-24-36)68(40-29-32-54-48(33-40)47-19-9-12-22-53(47)69-54)42-28-31-46-44-18-8-11-21-50(44)61(52(46)35-42)49-20-10-7-17-43(49)45-30-27-41(34-51(45)61)67(37-13-3-1-4-14-37)38-15-5-2-6-16-38/h1-35H,62-66H2. The molecule has 1 spiro atoms. The summed E-state index contributed by atoms with van der Waals surface area (Å²) in [7, 11) is 11.3. The number of benzene rings is 10. The molecule has 0 saturated heterocycles. The molecule has 0 amide bonds. The average Bonchev–Trinajstić information content (AvgIpc) is 4.02. The number of nitrogens with zero attached hydrogens (tertiary/aromatic N) is 2. The van der Waals surface area contributed by atoms with Gasteiger partial charge in [-0.1, -0.05) is 138 Å². The van der Waals surface area contributed by atoms with E-state index in [4.69, 9.17) is 4.42 Å². The van der Waals surface area contributed by atoms with Crippen LogP contribution in [0.25, 0.3) is 55.3 Å². The Bertz CT molecular complexity index is 3790. The molecule has 2 aliphatic carbocycles. The number of fused-ring (bicyclic) bond motifs is 13. The van der Waals surface area contributed by atoms with E-state index in [1.807, 2.05) is 6.07 Å². The van der Waals surface area contributed by atoms with Gasteiger partial charge in [-0.2, -0.15) is 0 Å². The minimum absolute atomic E-state index is 0.584. The smallest absolute Gasteiger partial charge is 0.139 e. The van der Waals surface area contributed by atoms with Crippen molar-refractivity contribution in [3.05, 3.63) is 235 Å². The number of anilines is 6. The molecule has 69 heavy (non-hydrogen) atoms. The van der Waals surface area contributed by atoms with Gasteiger partial charge in [0.15, 0.2) is 0 Å². The second-order valence-electron chi connectivity index (χ2n) is 19.0. The number of furan rings is 1. The van der Waals surface area contributed by atoms with Gasteiger partial charge in [-0.05, 0) is 141 Å². The molecule has 0 radical (unpaired) electrons. The Hall–Kier alpha value is -8.08. The molecule has 0 saturated carbocycles. The Morgan fingerprint density at radius 1 is 0.304 bits per heavy atom. The van der Waals surface area contributed by atoms with E-state index in [0.717, 1.165) is 56.1 Å². The van der Waals surface area contributed by atoms with Crippen molar-refractivity contribution >= 4 is 123 Å². The van der Waals surface area contributed by atoms with E-state index >= 15 is 0 Å². The molecule has 1 aromatic heterocycles. The molecule has 11 aromatic rings. The van der Waals surface area contributed by atoms with Crippen LogP contribution in [0.1, 0.15) is 22.3 Å². The molecule has 2 aliphatic rings. The van der Waals surface area contributed by atoms with Crippen molar-refractivity contribution in [1.82, 2.24) is 0 Å². The van der Waals surface area contributed by atoms with Gasteiger partial charge >= 0.3 is 0 Å². The molecule has 320 valence electrons. The van der Waals surface area contributed by atoms with Crippen LogP contribution in [0.4, 0.5) is 34.1 Å². The third-order valence-corrected chi connectivity index (χ3v) is 15.6. The van der Waals surface area contributed by atoms with Crippen LogP contribution in [0.5, 0.6) is 0 Å². The molecule has 8 heteroatoms. The van der Waals surface area contributed by atoms with Crippen LogP contribution in [0, 0.1) is 0 Å². The van der Waals surface area contributed by atoms with Crippen molar-refractivity contribution in [2.45, 2.75) is 5.41 Å². The average molecular weight is 876 g/mol. The summed E-state index contributed by atoms with van der Waals surface area (Å²) in [5.74, 6) is 0. The minimum atomic E-state index is -0.584. The van der Waals surface area contributed by atoms with E-state index in [2.05, 4.69) is 255 Å². The number of rotatable bonds is 7. The fourth-order valence-electron chi connectivity index (χ4n) is 12.0. The van der Waals surface area contributed by atoms with E-state index in [9.17, 15) is 0 Å². The Labute approximate surface area is 408 Å². The highest BCUT2D eigenvalue weighted by molar-refractivity contribution is 6.68. The number of para-hydroxylation sites is 3. The van der Waals surface area contributed by atoms with Gasteiger partial charge < -0.3 is 14.2 Å². The van der Waals surface area contributed by atoms with E-state index in [1.165, 1.54) is 82.9 Å². The first-order valence-corrected chi connectivity index (χ1v) is 24.1. The van der Waals surface area contributed by atoms with Gasteiger partial charge in [0, 0.05) is 44.9 Å². The van der Waals surface area contributed by atoms with Crippen molar-refractivity contribution in [2.24, 2.45) is 0 Å². The minimum Gasteiger partial charge on any atom is -0.456 e. The molecule has 1 atom stereocenters. The first kappa shape index (κ1) is 41.1. The summed E-state index contributed by atoms with van der Waals surface area (Å²) in [6, 6.07) is 78.3. The zero-order valence-corrected chi connectivity index (χ0v) is 39.5. The summed E-state index contributed by atoms with van der Waals surface area (Å²) < 4.78 is 6.40. The topological polar surface area (TPSA) is 19.6 Å². The van der Waals surface area contributed by atoms with Crippen molar-refractivity contribution in [3.63, 3.8) is 0 Å². The molecule has 1 heterocycles. The van der Waals surface area contributed by atoms with E-state index in [0.29, 0.717) is 0 Å². The summed E-state index contributed by atoms with van der Waals surface area (Å²) >= 11 is 0. The normalized spacial score (nSPS) is 14.1. The molecule has 0 aliphatic heterocycles. The van der Waals surface area contributed by atoms with Crippen LogP contribution >= 0.6 is 0 Å². The second-order valence-corrected chi connectivity index (χ2v) is 19.0. The molecule has 0 N–H and O–H groups in total. The Balaban J connectivity index is 1.05. The third-order valence-electron chi connectivity index (χ3n) is 15.6. The van der Waals surface area contributed by atoms with Crippen molar-refractivity contribution < 1.29 is 4.42 Å². The third kappa shape index (κ3) is 6.08. The van der Waals surface area contributed by atoms with Gasteiger partial charge in [0.2, 0.25) is 0 Å². The fourth-order valence-corrected chi connectivity index (χ4v) is 12.0. The zero-order chi connectivity index (χ0) is 46.5. The largest absolute Gasteiger partial charge is 0.456 e. The molecule has 3 nitrogen and oxygen atoms in total. The fraction of sp³-hybridized carbons (Fsp3) is 0.0164. The maximum absolute atomic E-state index is 6.40. The van der Waals surface area contributed by atoms with E-state index in [1.54, 1.807) is 0 Å². The summed E-state index contributed by atoms with van der Waals surface area (Å²) in [6.07, 6.45) is 0. The summed E-state index contributed by atoms with van der Waals surface area (Å²) in [5.41, 5.74) is 27.4. The zero-order valence-electron chi connectivity index (χ0n) is 39.5. The van der Waals surface area contributed by atoms with Gasteiger partial charge in [0.25, 0.3) is 0 Å². The second kappa shape index (κ2) is 15.8. The first-order valence-electron chi connectivity index (χ1n) is 24.1. The lowest BCUT2D eigenvalue weighted by atomic mass is 9.60. The first-order chi connectivity index (χ1) is 33.8. The summed E-state index contributed by atoms with van der Waals surface area (Å²) in [5, 5.41) is 2.21. The van der Waals surface area contributed by atoms with Crippen LogP contribution < -0.4 is 37.1 Å². The summed E-state index contributed by atoms with van der Waals surface area (Å²) in [6.45, 7) is 0. The highest BCUT2D eigenvalue weighted by atomic mass is 16.3. The number of hydrogen-bond donors (Lipinski definition) is 0.